The van der Waals surface area contributed by atoms with Gasteiger partial charge in [-0.3, -0.25) is 4.79 Å². The number of nitrogens with one attached hydrogen (secondary N) is 2. The van der Waals surface area contributed by atoms with Crippen LogP contribution in [0.3, 0.4) is 0 Å². The van der Waals surface area contributed by atoms with E-state index in [0.717, 1.165) is 5.69 Å². The minimum atomic E-state index is -0.301. The van der Waals surface area contributed by atoms with Crippen LogP contribution in [0.25, 0.3) is 0 Å². The number of rotatable bonds is 6. The van der Waals surface area contributed by atoms with Crippen molar-refractivity contribution in [3.05, 3.63) is 28.8 Å². The molecule has 0 aliphatic heterocycles. The Balaban J connectivity index is 2.88. The summed E-state index contributed by atoms with van der Waals surface area (Å²) >= 11 is 6.07. The summed E-state index contributed by atoms with van der Waals surface area (Å²) in [5.41, 5.74) is 1.27. The van der Waals surface area contributed by atoms with E-state index in [4.69, 9.17) is 16.7 Å². The normalized spacial score (nSPS) is 13.9. The Bertz CT molecular complexity index is 463. The number of anilines is 1. The van der Waals surface area contributed by atoms with Gasteiger partial charge in [-0.1, -0.05) is 25.4 Å². The molecule has 0 saturated carbocycles. The first kappa shape index (κ1) is 16.8. The van der Waals surface area contributed by atoms with E-state index in [1.165, 1.54) is 0 Å². The second kappa shape index (κ2) is 7.50. The molecule has 1 aromatic rings. The highest BCUT2D eigenvalue weighted by Gasteiger charge is 2.14. The van der Waals surface area contributed by atoms with Crippen LogP contribution in [-0.2, 0) is 0 Å². The van der Waals surface area contributed by atoms with Gasteiger partial charge in [-0.15, -0.1) is 0 Å². The highest BCUT2D eigenvalue weighted by molar-refractivity contribution is 6.34. The highest BCUT2D eigenvalue weighted by atomic mass is 35.5. The van der Waals surface area contributed by atoms with Crippen molar-refractivity contribution in [1.82, 2.24) is 5.32 Å². The number of amides is 1. The molecule has 0 aliphatic carbocycles. The molecule has 1 amide bonds. The van der Waals surface area contributed by atoms with Gasteiger partial charge < -0.3 is 15.7 Å². The summed E-state index contributed by atoms with van der Waals surface area (Å²) in [5.74, 6) is 0.203. The Labute approximate surface area is 125 Å². The number of hydrogen-bond donors (Lipinski definition) is 3. The summed E-state index contributed by atoms with van der Waals surface area (Å²) < 4.78 is 0. The molecule has 1 unspecified atom stereocenters. The Kier molecular flexibility index (Phi) is 6.30. The number of aliphatic hydroxyl groups excluding tert-OH is 1. The first-order valence-electron chi connectivity index (χ1n) is 6.83. The number of carbonyl (C=O) groups is 1. The van der Waals surface area contributed by atoms with Crippen LogP contribution < -0.4 is 10.6 Å². The van der Waals surface area contributed by atoms with Crippen molar-refractivity contribution < 1.29 is 9.90 Å². The van der Waals surface area contributed by atoms with Crippen LogP contribution in [0.5, 0.6) is 0 Å². The molecule has 0 aromatic heterocycles. The maximum atomic E-state index is 12.1. The van der Waals surface area contributed by atoms with Crippen LogP contribution in [0.1, 0.15) is 38.1 Å². The molecule has 3 N–H and O–H groups in total. The molecule has 0 fully saturated rings. The fourth-order valence-corrected chi connectivity index (χ4v) is 1.77. The standard InChI is InChI=1S/C15H23ClN2O2/c1-9(2)11(4)18-12-5-6-14(16)13(7-12)15(20)17-10(3)8-19/h5-7,9-11,18-19H,8H2,1-4H3,(H,17,20)/t10-,11?/m0/s1. The minimum Gasteiger partial charge on any atom is -0.394 e. The van der Waals surface area contributed by atoms with Gasteiger partial charge in [-0.2, -0.15) is 0 Å². The molecule has 0 radical (unpaired) electrons. The Hall–Kier alpha value is -1.26. The molecule has 0 heterocycles. The summed E-state index contributed by atoms with van der Waals surface area (Å²) in [7, 11) is 0. The van der Waals surface area contributed by atoms with Crippen molar-refractivity contribution in [2.24, 2.45) is 5.92 Å². The molecule has 1 aromatic carbocycles. The number of carbonyl (C=O) groups excluding carboxylic acids is 1. The van der Waals surface area contributed by atoms with Crippen molar-refractivity contribution in [2.75, 3.05) is 11.9 Å². The summed E-state index contributed by atoms with van der Waals surface area (Å²) in [4.78, 5) is 12.1. The largest absolute Gasteiger partial charge is 0.394 e. The molecule has 5 heteroatoms. The van der Waals surface area contributed by atoms with Gasteiger partial charge in [0.25, 0.3) is 5.91 Å². The molecule has 20 heavy (non-hydrogen) atoms. The molecule has 2 atom stereocenters. The second-order valence-corrected chi connectivity index (χ2v) is 5.84. The molecule has 4 nitrogen and oxygen atoms in total. The first-order valence-corrected chi connectivity index (χ1v) is 7.20. The third kappa shape index (κ3) is 4.69. The predicted octanol–water partition coefficient (Wildman–Crippen LogP) is 2.91. The smallest absolute Gasteiger partial charge is 0.253 e. The van der Waals surface area contributed by atoms with Crippen LogP contribution in [0.4, 0.5) is 5.69 Å². The zero-order valence-electron chi connectivity index (χ0n) is 12.4. The average molecular weight is 299 g/mol. The Morgan fingerprint density at radius 3 is 2.50 bits per heavy atom. The van der Waals surface area contributed by atoms with Gasteiger partial charge in [0.2, 0.25) is 0 Å². The fraction of sp³-hybridized carbons (Fsp3) is 0.533. The van der Waals surface area contributed by atoms with Gasteiger partial charge in [0.15, 0.2) is 0 Å². The number of benzene rings is 1. The van der Waals surface area contributed by atoms with Gasteiger partial charge >= 0.3 is 0 Å². The van der Waals surface area contributed by atoms with E-state index in [9.17, 15) is 4.79 Å². The molecule has 0 spiro atoms. The van der Waals surface area contributed by atoms with Crippen molar-refractivity contribution in [3.63, 3.8) is 0 Å². The van der Waals surface area contributed by atoms with Crippen molar-refractivity contribution in [3.8, 4) is 0 Å². The third-order valence-electron chi connectivity index (χ3n) is 3.26. The lowest BCUT2D eigenvalue weighted by Crippen LogP contribution is -2.35. The fourth-order valence-electron chi connectivity index (χ4n) is 1.57. The van der Waals surface area contributed by atoms with E-state index in [1.54, 1.807) is 19.1 Å². The lowest BCUT2D eigenvalue weighted by Gasteiger charge is -2.20. The van der Waals surface area contributed by atoms with Gasteiger partial charge in [0, 0.05) is 17.8 Å². The average Bonchev–Trinajstić information content (AvgIpc) is 2.40. The van der Waals surface area contributed by atoms with Crippen LogP contribution in [-0.4, -0.2) is 29.7 Å². The van der Waals surface area contributed by atoms with E-state index in [2.05, 4.69) is 31.4 Å². The Morgan fingerprint density at radius 1 is 1.30 bits per heavy atom. The van der Waals surface area contributed by atoms with Crippen LogP contribution >= 0.6 is 11.6 Å². The van der Waals surface area contributed by atoms with E-state index in [0.29, 0.717) is 22.5 Å². The van der Waals surface area contributed by atoms with E-state index < -0.39 is 0 Å². The predicted molar refractivity (Wildman–Crippen MR) is 83.4 cm³/mol. The number of hydrogen-bond acceptors (Lipinski definition) is 3. The van der Waals surface area contributed by atoms with Crippen molar-refractivity contribution in [1.29, 1.82) is 0 Å². The SMILES string of the molecule is CC(C)C(C)Nc1ccc(Cl)c(C(=O)N[C@@H](C)CO)c1. The monoisotopic (exact) mass is 298 g/mol. The number of aliphatic hydroxyl groups is 1. The van der Waals surface area contributed by atoms with E-state index >= 15 is 0 Å². The topological polar surface area (TPSA) is 61.4 Å². The summed E-state index contributed by atoms with van der Waals surface area (Å²) in [6.07, 6.45) is 0. The van der Waals surface area contributed by atoms with Crippen LogP contribution in [0.2, 0.25) is 5.02 Å². The molecule has 112 valence electrons. The number of halogens is 1. The lowest BCUT2D eigenvalue weighted by molar-refractivity contribution is 0.0922. The summed E-state index contributed by atoms with van der Waals surface area (Å²) in [6, 6.07) is 5.29. The first-order chi connectivity index (χ1) is 9.35. The minimum absolute atomic E-state index is 0.105. The molecular formula is C15H23ClN2O2. The van der Waals surface area contributed by atoms with E-state index in [-0.39, 0.29) is 18.6 Å². The summed E-state index contributed by atoms with van der Waals surface area (Å²) in [6.45, 7) is 7.97. The van der Waals surface area contributed by atoms with Gasteiger partial charge in [0.05, 0.1) is 17.2 Å². The maximum absolute atomic E-state index is 12.1. The molecule has 0 aliphatic rings. The Morgan fingerprint density at radius 2 is 1.95 bits per heavy atom. The third-order valence-corrected chi connectivity index (χ3v) is 3.59. The van der Waals surface area contributed by atoms with Crippen molar-refractivity contribution >= 4 is 23.2 Å². The lowest BCUT2D eigenvalue weighted by atomic mass is 10.1. The van der Waals surface area contributed by atoms with E-state index in [1.807, 2.05) is 6.07 Å². The second-order valence-electron chi connectivity index (χ2n) is 5.43. The van der Waals surface area contributed by atoms with Gasteiger partial charge in [-0.05, 0) is 38.0 Å². The van der Waals surface area contributed by atoms with Crippen molar-refractivity contribution in [2.45, 2.75) is 39.8 Å². The zero-order valence-corrected chi connectivity index (χ0v) is 13.2. The zero-order chi connectivity index (χ0) is 15.3. The maximum Gasteiger partial charge on any atom is 0.253 e. The molecular weight excluding hydrogens is 276 g/mol. The summed E-state index contributed by atoms with van der Waals surface area (Å²) in [5, 5.41) is 15.4. The van der Waals surface area contributed by atoms with Gasteiger partial charge in [0.1, 0.15) is 0 Å². The molecule has 0 saturated heterocycles. The quantitative estimate of drug-likeness (QED) is 0.757. The molecule has 0 bridgehead atoms. The molecule has 1 rings (SSSR count). The van der Waals surface area contributed by atoms with Crippen LogP contribution in [0, 0.1) is 5.92 Å². The highest BCUT2D eigenvalue weighted by Crippen LogP contribution is 2.22. The van der Waals surface area contributed by atoms with Gasteiger partial charge in [-0.25, -0.2) is 0 Å². The van der Waals surface area contributed by atoms with Crippen LogP contribution in [0.15, 0.2) is 18.2 Å².